The molecule has 0 amide bonds. The molecule has 0 radical (unpaired) electrons. The molecule has 0 aromatic carbocycles. The maximum atomic E-state index is 3.16. The predicted octanol–water partition coefficient (Wildman–Crippen LogP) is 1.38. The van der Waals surface area contributed by atoms with Crippen LogP contribution in [0.2, 0.25) is 0 Å². The Morgan fingerprint density at radius 1 is 0.636 bits per heavy atom. The molecule has 68 valence electrons. The molecule has 11 heavy (non-hydrogen) atoms. The second-order valence-electron chi connectivity index (χ2n) is 2.97. The van der Waals surface area contributed by atoms with Gasteiger partial charge in [0.25, 0.3) is 0 Å². The first-order valence-electron chi connectivity index (χ1n) is 4.71. The van der Waals surface area contributed by atoms with Crippen LogP contribution in [0.3, 0.4) is 0 Å². The van der Waals surface area contributed by atoms with Crippen LogP contribution >= 0.6 is 0 Å². The van der Waals surface area contributed by atoms with Crippen molar-refractivity contribution in [1.82, 2.24) is 10.6 Å². The minimum atomic E-state index is 1.17. The first-order valence-corrected chi connectivity index (χ1v) is 4.71. The largest absolute Gasteiger partial charge is 0.320 e. The van der Waals surface area contributed by atoms with Gasteiger partial charge in [-0.05, 0) is 40.0 Å². The normalized spacial score (nSPS) is 10.4. The van der Waals surface area contributed by atoms with Gasteiger partial charge in [0, 0.05) is 0 Å². The summed E-state index contributed by atoms with van der Waals surface area (Å²) in [6.45, 7) is 2.35. The van der Waals surface area contributed by atoms with E-state index in [9.17, 15) is 0 Å². The average molecular weight is 158 g/mol. The zero-order chi connectivity index (χ0) is 8.36. The van der Waals surface area contributed by atoms with E-state index in [0.29, 0.717) is 0 Å². The standard InChI is InChI=1S/C9H22N2/c1-10-8-6-4-3-5-7-9-11-2/h10-11H,3-9H2,1-2H3. The van der Waals surface area contributed by atoms with Gasteiger partial charge < -0.3 is 10.6 Å². The lowest BCUT2D eigenvalue weighted by Crippen LogP contribution is -2.08. The second kappa shape index (κ2) is 9.92. The molecule has 0 bridgehead atoms. The number of unbranched alkanes of at least 4 members (excludes halogenated alkanes) is 4. The van der Waals surface area contributed by atoms with E-state index in [1.54, 1.807) is 0 Å². The Morgan fingerprint density at radius 2 is 1.00 bits per heavy atom. The van der Waals surface area contributed by atoms with Gasteiger partial charge in [0.15, 0.2) is 0 Å². The summed E-state index contributed by atoms with van der Waals surface area (Å²) in [6, 6.07) is 0. The van der Waals surface area contributed by atoms with Crippen molar-refractivity contribution in [2.75, 3.05) is 27.2 Å². The third-order valence-corrected chi connectivity index (χ3v) is 1.85. The molecular weight excluding hydrogens is 136 g/mol. The molecule has 2 nitrogen and oxygen atoms in total. The van der Waals surface area contributed by atoms with Crippen molar-refractivity contribution in [3.63, 3.8) is 0 Å². The highest BCUT2D eigenvalue weighted by Gasteiger charge is 1.88. The minimum absolute atomic E-state index is 1.17. The molecule has 0 aromatic rings. The molecule has 0 atom stereocenters. The lowest BCUT2D eigenvalue weighted by Gasteiger charge is -2.00. The van der Waals surface area contributed by atoms with Crippen LogP contribution in [-0.4, -0.2) is 27.2 Å². The van der Waals surface area contributed by atoms with Gasteiger partial charge in [-0.3, -0.25) is 0 Å². The molecule has 0 aliphatic carbocycles. The molecule has 2 heteroatoms. The lowest BCUT2D eigenvalue weighted by atomic mass is 10.1. The van der Waals surface area contributed by atoms with Gasteiger partial charge in [-0.15, -0.1) is 0 Å². The summed E-state index contributed by atoms with van der Waals surface area (Å²) in [5, 5.41) is 6.31. The van der Waals surface area contributed by atoms with Crippen LogP contribution in [0.25, 0.3) is 0 Å². The zero-order valence-electron chi connectivity index (χ0n) is 7.95. The average Bonchev–Trinajstić information content (AvgIpc) is 2.03. The van der Waals surface area contributed by atoms with E-state index in [-0.39, 0.29) is 0 Å². The molecule has 0 saturated heterocycles. The molecule has 0 spiro atoms. The first-order chi connectivity index (χ1) is 5.41. The van der Waals surface area contributed by atoms with Crippen LogP contribution in [0.15, 0.2) is 0 Å². The van der Waals surface area contributed by atoms with Crippen LogP contribution in [-0.2, 0) is 0 Å². The zero-order valence-corrected chi connectivity index (χ0v) is 7.95. The molecule has 0 fully saturated rings. The van der Waals surface area contributed by atoms with Gasteiger partial charge in [0.1, 0.15) is 0 Å². The summed E-state index contributed by atoms with van der Waals surface area (Å²) in [4.78, 5) is 0. The van der Waals surface area contributed by atoms with E-state index in [4.69, 9.17) is 0 Å². The van der Waals surface area contributed by atoms with E-state index in [1.807, 2.05) is 14.1 Å². The number of hydrogen-bond acceptors (Lipinski definition) is 2. The van der Waals surface area contributed by atoms with Crippen LogP contribution < -0.4 is 10.6 Å². The van der Waals surface area contributed by atoms with Crippen molar-refractivity contribution in [3.8, 4) is 0 Å². The van der Waals surface area contributed by atoms with Crippen molar-refractivity contribution in [3.05, 3.63) is 0 Å². The van der Waals surface area contributed by atoms with Gasteiger partial charge in [-0.1, -0.05) is 19.3 Å². The summed E-state index contributed by atoms with van der Waals surface area (Å²) in [7, 11) is 4.03. The molecule has 0 saturated carbocycles. The maximum absolute atomic E-state index is 3.16. The van der Waals surface area contributed by atoms with E-state index >= 15 is 0 Å². The van der Waals surface area contributed by atoms with Gasteiger partial charge in [-0.2, -0.15) is 0 Å². The molecule has 0 rings (SSSR count). The topological polar surface area (TPSA) is 24.1 Å². The molecule has 0 aromatic heterocycles. The Morgan fingerprint density at radius 3 is 1.36 bits per heavy atom. The lowest BCUT2D eigenvalue weighted by molar-refractivity contribution is 0.585. The minimum Gasteiger partial charge on any atom is -0.320 e. The Bertz CT molecular complexity index is 56.6. The van der Waals surface area contributed by atoms with E-state index in [1.165, 1.54) is 45.2 Å². The van der Waals surface area contributed by atoms with Crippen LogP contribution in [0.5, 0.6) is 0 Å². The van der Waals surface area contributed by atoms with E-state index in [0.717, 1.165) is 0 Å². The van der Waals surface area contributed by atoms with Crippen LogP contribution in [0.4, 0.5) is 0 Å². The molecule has 2 N–H and O–H groups in total. The molecule has 0 aliphatic rings. The monoisotopic (exact) mass is 158 g/mol. The summed E-state index contributed by atoms with van der Waals surface area (Å²) in [5.41, 5.74) is 0. The van der Waals surface area contributed by atoms with Crippen molar-refractivity contribution in [2.45, 2.75) is 32.1 Å². The fourth-order valence-corrected chi connectivity index (χ4v) is 1.13. The smallest absolute Gasteiger partial charge is 0.00519 e. The fraction of sp³-hybridized carbons (Fsp3) is 1.00. The summed E-state index contributed by atoms with van der Waals surface area (Å²) in [6.07, 6.45) is 6.81. The highest BCUT2D eigenvalue weighted by molar-refractivity contribution is 4.47. The van der Waals surface area contributed by atoms with E-state index < -0.39 is 0 Å². The fourth-order valence-electron chi connectivity index (χ4n) is 1.13. The van der Waals surface area contributed by atoms with Crippen LogP contribution in [0, 0.1) is 0 Å². The molecular formula is C9H22N2. The van der Waals surface area contributed by atoms with Gasteiger partial charge >= 0.3 is 0 Å². The predicted molar refractivity (Wildman–Crippen MR) is 50.9 cm³/mol. The number of nitrogens with one attached hydrogen (secondary N) is 2. The Hall–Kier alpha value is -0.0800. The van der Waals surface area contributed by atoms with Gasteiger partial charge in [-0.25, -0.2) is 0 Å². The van der Waals surface area contributed by atoms with Crippen molar-refractivity contribution < 1.29 is 0 Å². The summed E-state index contributed by atoms with van der Waals surface area (Å²) in [5.74, 6) is 0. The van der Waals surface area contributed by atoms with Crippen molar-refractivity contribution in [1.29, 1.82) is 0 Å². The summed E-state index contributed by atoms with van der Waals surface area (Å²) < 4.78 is 0. The van der Waals surface area contributed by atoms with Crippen LogP contribution in [0.1, 0.15) is 32.1 Å². The first kappa shape index (κ1) is 10.9. The highest BCUT2D eigenvalue weighted by atomic mass is 14.8. The Balaban J connectivity index is 2.69. The summed E-state index contributed by atoms with van der Waals surface area (Å²) >= 11 is 0. The van der Waals surface area contributed by atoms with E-state index in [2.05, 4.69) is 10.6 Å². The number of rotatable bonds is 8. The quantitative estimate of drug-likeness (QED) is 0.521. The second-order valence-corrected chi connectivity index (χ2v) is 2.97. The number of hydrogen-bond donors (Lipinski definition) is 2. The van der Waals surface area contributed by atoms with Gasteiger partial charge in [0.2, 0.25) is 0 Å². The van der Waals surface area contributed by atoms with Crippen molar-refractivity contribution >= 4 is 0 Å². The molecule has 0 heterocycles. The highest BCUT2D eigenvalue weighted by Crippen LogP contribution is 2.00. The SMILES string of the molecule is CNCCCCCCCNC. The Kier molecular flexibility index (Phi) is 9.85. The van der Waals surface area contributed by atoms with Gasteiger partial charge in [0.05, 0.1) is 0 Å². The van der Waals surface area contributed by atoms with Crippen molar-refractivity contribution in [2.24, 2.45) is 0 Å². The Labute approximate surface area is 70.8 Å². The third-order valence-electron chi connectivity index (χ3n) is 1.85. The molecule has 0 aliphatic heterocycles. The maximum Gasteiger partial charge on any atom is -0.00519 e. The third kappa shape index (κ3) is 9.92. The molecule has 0 unspecified atom stereocenters.